The third-order valence-electron chi connectivity index (χ3n) is 3.18. The second kappa shape index (κ2) is 8.94. The van der Waals surface area contributed by atoms with Crippen molar-refractivity contribution in [3.8, 4) is 11.5 Å². The van der Waals surface area contributed by atoms with Gasteiger partial charge in [0.2, 0.25) is 0 Å². The van der Waals surface area contributed by atoms with E-state index < -0.39 is 0 Å². The molecule has 0 bridgehead atoms. The second-order valence-electron chi connectivity index (χ2n) is 5.46. The fraction of sp³-hybridized carbons (Fsp3) is 0.278. The SMILES string of the molecule is Cc1ccc(OC[C@@H](C)NC(=O)COc2ccc(Br)cc2Cl)cc1. The fourth-order valence-electron chi connectivity index (χ4n) is 1.95. The quantitative estimate of drug-likeness (QED) is 0.734. The van der Waals surface area contributed by atoms with Crippen LogP contribution in [-0.2, 0) is 4.79 Å². The van der Waals surface area contributed by atoms with E-state index in [1.54, 1.807) is 18.2 Å². The van der Waals surface area contributed by atoms with Crippen LogP contribution in [0.4, 0.5) is 0 Å². The van der Waals surface area contributed by atoms with Crippen LogP contribution in [-0.4, -0.2) is 25.2 Å². The maximum atomic E-state index is 11.9. The molecule has 0 spiro atoms. The van der Waals surface area contributed by atoms with E-state index >= 15 is 0 Å². The predicted molar refractivity (Wildman–Crippen MR) is 98.9 cm³/mol. The predicted octanol–water partition coefficient (Wildman–Crippen LogP) is 4.37. The molecule has 0 saturated carbocycles. The number of aryl methyl sites for hydroxylation is 1. The molecule has 4 nitrogen and oxygen atoms in total. The van der Waals surface area contributed by atoms with Crippen molar-refractivity contribution in [1.82, 2.24) is 5.32 Å². The van der Waals surface area contributed by atoms with E-state index in [9.17, 15) is 4.79 Å². The molecular formula is C18H19BrClNO3. The maximum Gasteiger partial charge on any atom is 0.258 e. The van der Waals surface area contributed by atoms with Crippen molar-refractivity contribution in [2.75, 3.05) is 13.2 Å². The molecule has 1 atom stereocenters. The molecule has 0 heterocycles. The molecule has 0 aromatic heterocycles. The molecule has 1 amide bonds. The van der Waals surface area contributed by atoms with Gasteiger partial charge in [0.15, 0.2) is 6.61 Å². The minimum atomic E-state index is -0.228. The van der Waals surface area contributed by atoms with E-state index in [0.29, 0.717) is 17.4 Å². The average Bonchev–Trinajstić information content (AvgIpc) is 2.53. The molecule has 0 fully saturated rings. The molecule has 2 aromatic carbocycles. The van der Waals surface area contributed by atoms with Gasteiger partial charge in [0.25, 0.3) is 5.91 Å². The number of hydrogen-bond acceptors (Lipinski definition) is 3. The Morgan fingerprint density at radius 2 is 1.92 bits per heavy atom. The van der Waals surface area contributed by atoms with Crippen LogP contribution >= 0.6 is 27.5 Å². The zero-order valence-corrected chi connectivity index (χ0v) is 15.9. The highest BCUT2D eigenvalue weighted by molar-refractivity contribution is 9.10. The number of amides is 1. The highest BCUT2D eigenvalue weighted by atomic mass is 79.9. The van der Waals surface area contributed by atoms with Crippen molar-refractivity contribution in [3.05, 3.63) is 57.5 Å². The molecule has 1 N–H and O–H groups in total. The lowest BCUT2D eigenvalue weighted by Gasteiger charge is -2.15. The zero-order valence-electron chi connectivity index (χ0n) is 13.5. The lowest BCUT2D eigenvalue weighted by Crippen LogP contribution is -2.39. The van der Waals surface area contributed by atoms with Crippen molar-refractivity contribution in [3.63, 3.8) is 0 Å². The molecular weight excluding hydrogens is 394 g/mol. The second-order valence-corrected chi connectivity index (χ2v) is 6.78. The van der Waals surface area contributed by atoms with Crippen molar-refractivity contribution >= 4 is 33.4 Å². The van der Waals surface area contributed by atoms with Crippen LogP contribution in [0.2, 0.25) is 5.02 Å². The largest absolute Gasteiger partial charge is 0.491 e. The Bertz CT molecular complexity index is 691. The number of nitrogens with one attached hydrogen (secondary N) is 1. The zero-order chi connectivity index (χ0) is 17.5. The van der Waals surface area contributed by atoms with Gasteiger partial charge in [0.1, 0.15) is 18.1 Å². The monoisotopic (exact) mass is 411 g/mol. The Morgan fingerprint density at radius 1 is 1.21 bits per heavy atom. The van der Waals surface area contributed by atoms with Crippen molar-refractivity contribution < 1.29 is 14.3 Å². The van der Waals surface area contributed by atoms with Crippen LogP contribution in [0.5, 0.6) is 11.5 Å². The molecule has 128 valence electrons. The van der Waals surface area contributed by atoms with Gasteiger partial charge in [-0.15, -0.1) is 0 Å². The van der Waals surface area contributed by atoms with Crippen LogP contribution in [0.3, 0.4) is 0 Å². The van der Waals surface area contributed by atoms with Crippen LogP contribution < -0.4 is 14.8 Å². The molecule has 0 unspecified atom stereocenters. The Balaban J connectivity index is 1.74. The van der Waals surface area contributed by atoms with Gasteiger partial charge in [-0.1, -0.05) is 45.2 Å². The molecule has 24 heavy (non-hydrogen) atoms. The van der Waals surface area contributed by atoms with Gasteiger partial charge in [-0.2, -0.15) is 0 Å². The van der Waals surface area contributed by atoms with Crippen LogP contribution in [0, 0.1) is 6.92 Å². The smallest absolute Gasteiger partial charge is 0.258 e. The Hall–Kier alpha value is -1.72. The summed E-state index contributed by atoms with van der Waals surface area (Å²) in [5.41, 5.74) is 1.17. The number of hydrogen-bond donors (Lipinski definition) is 1. The van der Waals surface area contributed by atoms with Gasteiger partial charge in [-0.3, -0.25) is 4.79 Å². The molecule has 6 heteroatoms. The van der Waals surface area contributed by atoms with Crippen molar-refractivity contribution in [2.24, 2.45) is 0 Å². The molecule has 0 aliphatic rings. The number of rotatable bonds is 7. The molecule has 0 aliphatic heterocycles. The van der Waals surface area contributed by atoms with E-state index in [1.165, 1.54) is 5.56 Å². The lowest BCUT2D eigenvalue weighted by atomic mass is 10.2. The highest BCUT2D eigenvalue weighted by Crippen LogP contribution is 2.27. The van der Waals surface area contributed by atoms with Crippen LogP contribution in [0.15, 0.2) is 46.9 Å². The van der Waals surface area contributed by atoms with Crippen LogP contribution in [0.25, 0.3) is 0 Å². The first-order chi connectivity index (χ1) is 11.4. The summed E-state index contributed by atoms with van der Waals surface area (Å²) >= 11 is 9.36. The normalized spacial score (nSPS) is 11.7. The van der Waals surface area contributed by atoms with Gasteiger partial charge in [-0.25, -0.2) is 0 Å². The number of ether oxygens (including phenoxy) is 2. The van der Waals surface area contributed by atoms with Gasteiger partial charge in [0, 0.05) is 4.47 Å². The first kappa shape index (κ1) is 18.6. The molecule has 0 saturated heterocycles. The standard InChI is InChI=1S/C18H19BrClNO3/c1-12-3-6-15(7-4-12)23-10-13(2)21-18(22)11-24-17-8-5-14(19)9-16(17)20/h3-9,13H,10-11H2,1-2H3,(H,21,22)/t13-/m1/s1. The number of carbonyl (C=O) groups excluding carboxylic acids is 1. The van der Waals surface area contributed by atoms with Gasteiger partial charge in [-0.05, 0) is 44.2 Å². The topological polar surface area (TPSA) is 47.6 Å². The Morgan fingerprint density at radius 3 is 2.58 bits per heavy atom. The van der Waals surface area contributed by atoms with Crippen LogP contribution in [0.1, 0.15) is 12.5 Å². The van der Waals surface area contributed by atoms with E-state index in [0.717, 1.165) is 10.2 Å². The summed E-state index contributed by atoms with van der Waals surface area (Å²) in [6.45, 7) is 4.17. The van der Waals surface area contributed by atoms with Gasteiger partial charge >= 0.3 is 0 Å². The first-order valence-electron chi connectivity index (χ1n) is 7.50. The summed E-state index contributed by atoms with van der Waals surface area (Å²) in [4.78, 5) is 11.9. The Kier molecular flexibility index (Phi) is 6.94. The lowest BCUT2D eigenvalue weighted by molar-refractivity contribution is -0.123. The van der Waals surface area contributed by atoms with Crippen molar-refractivity contribution in [2.45, 2.75) is 19.9 Å². The summed E-state index contributed by atoms with van der Waals surface area (Å²) < 4.78 is 11.9. The van der Waals surface area contributed by atoms with Gasteiger partial charge < -0.3 is 14.8 Å². The number of carbonyl (C=O) groups is 1. The van der Waals surface area contributed by atoms with E-state index in [1.807, 2.05) is 38.1 Å². The number of benzene rings is 2. The van der Waals surface area contributed by atoms with E-state index in [-0.39, 0.29) is 18.6 Å². The summed E-state index contributed by atoms with van der Waals surface area (Å²) in [7, 11) is 0. The van der Waals surface area contributed by atoms with E-state index in [2.05, 4.69) is 21.2 Å². The highest BCUT2D eigenvalue weighted by Gasteiger charge is 2.10. The summed E-state index contributed by atoms with van der Waals surface area (Å²) in [5.74, 6) is 1.02. The number of halogens is 2. The summed E-state index contributed by atoms with van der Waals surface area (Å²) in [5, 5.41) is 3.27. The first-order valence-corrected chi connectivity index (χ1v) is 8.68. The maximum absolute atomic E-state index is 11.9. The van der Waals surface area contributed by atoms with Crippen molar-refractivity contribution in [1.29, 1.82) is 0 Å². The molecule has 0 radical (unpaired) electrons. The Labute approximate surface area is 155 Å². The molecule has 2 rings (SSSR count). The minimum Gasteiger partial charge on any atom is -0.491 e. The molecule has 0 aliphatic carbocycles. The average molecular weight is 413 g/mol. The van der Waals surface area contributed by atoms with Gasteiger partial charge in [0.05, 0.1) is 11.1 Å². The van der Waals surface area contributed by atoms with E-state index in [4.69, 9.17) is 21.1 Å². The molecule has 2 aromatic rings. The summed E-state index contributed by atoms with van der Waals surface area (Å²) in [6, 6.07) is 12.9. The fourth-order valence-corrected chi connectivity index (χ4v) is 2.68. The minimum absolute atomic E-state index is 0.101. The third-order valence-corrected chi connectivity index (χ3v) is 3.97. The third kappa shape index (κ3) is 6.06. The summed E-state index contributed by atoms with van der Waals surface area (Å²) in [6.07, 6.45) is 0.